The van der Waals surface area contributed by atoms with Gasteiger partial charge in [0.2, 0.25) is 3.83 Å². The van der Waals surface area contributed by atoms with Gasteiger partial charge in [-0.15, -0.1) is 5.10 Å². The number of rotatable bonds is 3. The first-order chi connectivity index (χ1) is 6.84. The Morgan fingerprint density at radius 3 is 2.93 bits per heavy atom. The second-order valence-corrected chi connectivity index (χ2v) is 4.59. The van der Waals surface area contributed by atoms with Crippen molar-refractivity contribution in [1.29, 1.82) is 0 Å². The maximum absolute atomic E-state index is 5.32. The molecule has 2 heterocycles. The summed E-state index contributed by atoms with van der Waals surface area (Å²) in [5, 5.41) is 4.26. The summed E-state index contributed by atoms with van der Waals surface area (Å²) < 4.78 is 8.08. The molecule has 0 aromatic carbocycles. The molecule has 1 fully saturated rings. The molecular weight excluding hydrogens is 293 g/mol. The molecule has 0 saturated carbocycles. The molecule has 0 N–H and O–H groups in total. The summed E-state index contributed by atoms with van der Waals surface area (Å²) in [4.78, 5) is 4.09. The average Bonchev–Trinajstić information content (AvgIpc) is 2.63. The molecule has 1 saturated heterocycles. The van der Waals surface area contributed by atoms with Gasteiger partial charge in [-0.05, 0) is 25.2 Å². The molecule has 0 amide bonds. The van der Waals surface area contributed by atoms with Gasteiger partial charge in [0.05, 0.1) is 0 Å². The van der Waals surface area contributed by atoms with E-state index in [9.17, 15) is 0 Å². The Hall–Kier alpha value is -0.170. The number of hydrogen-bond acceptors (Lipinski definition) is 3. The van der Waals surface area contributed by atoms with E-state index in [0.29, 0.717) is 0 Å². The Bertz CT molecular complexity index is 283. The Morgan fingerprint density at radius 1 is 1.50 bits per heavy atom. The summed E-state index contributed by atoms with van der Waals surface area (Å²) >= 11 is 2.13. The van der Waals surface area contributed by atoms with Gasteiger partial charge in [0.15, 0.2) is 0 Å². The minimum Gasteiger partial charge on any atom is -0.381 e. The molecule has 0 aliphatic carbocycles. The van der Waals surface area contributed by atoms with Crippen LogP contribution in [0.3, 0.4) is 0 Å². The standard InChI is InChI=1S/C9H14IN3O/c10-9-11-7-13(12-9)4-1-8-2-5-14-6-3-8/h7-8H,1-6H2. The van der Waals surface area contributed by atoms with E-state index in [1.54, 1.807) is 6.33 Å². The molecule has 0 radical (unpaired) electrons. The van der Waals surface area contributed by atoms with Crippen LogP contribution in [0.2, 0.25) is 0 Å². The van der Waals surface area contributed by atoms with Crippen molar-refractivity contribution in [3.8, 4) is 0 Å². The quantitative estimate of drug-likeness (QED) is 0.798. The highest BCUT2D eigenvalue weighted by atomic mass is 127. The lowest BCUT2D eigenvalue weighted by molar-refractivity contribution is 0.0623. The SMILES string of the molecule is Ic1ncn(CCC2CCOCC2)n1. The van der Waals surface area contributed by atoms with Crippen LogP contribution in [0.15, 0.2) is 6.33 Å². The van der Waals surface area contributed by atoms with Crippen LogP contribution in [-0.2, 0) is 11.3 Å². The Balaban J connectivity index is 1.76. The first-order valence-electron chi connectivity index (χ1n) is 4.97. The number of hydrogen-bond donors (Lipinski definition) is 0. The van der Waals surface area contributed by atoms with E-state index >= 15 is 0 Å². The minimum absolute atomic E-state index is 0.811. The third-order valence-electron chi connectivity index (χ3n) is 2.62. The summed E-state index contributed by atoms with van der Waals surface area (Å²) in [6.07, 6.45) is 5.40. The average molecular weight is 307 g/mol. The van der Waals surface area contributed by atoms with Crippen LogP contribution in [0, 0.1) is 9.75 Å². The van der Waals surface area contributed by atoms with E-state index in [1.807, 2.05) is 4.68 Å². The van der Waals surface area contributed by atoms with Crippen LogP contribution in [0.4, 0.5) is 0 Å². The smallest absolute Gasteiger partial charge is 0.211 e. The molecular formula is C9H14IN3O. The Kier molecular flexibility index (Phi) is 3.74. The van der Waals surface area contributed by atoms with Gasteiger partial charge >= 0.3 is 0 Å². The summed E-state index contributed by atoms with van der Waals surface area (Å²) in [6, 6.07) is 0. The second kappa shape index (κ2) is 5.06. The van der Waals surface area contributed by atoms with E-state index in [2.05, 4.69) is 32.7 Å². The molecule has 0 unspecified atom stereocenters. The zero-order valence-corrected chi connectivity index (χ0v) is 10.2. The van der Waals surface area contributed by atoms with Crippen molar-refractivity contribution >= 4 is 22.6 Å². The Labute approximate surface area is 97.2 Å². The molecule has 14 heavy (non-hydrogen) atoms. The maximum atomic E-state index is 5.32. The lowest BCUT2D eigenvalue weighted by atomic mass is 9.97. The molecule has 0 bridgehead atoms. The van der Waals surface area contributed by atoms with Crippen LogP contribution in [0.1, 0.15) is 19.3 Å². The van der Waals surface area contributed by atoms with Gasteiger partial charge in [-0.3, -0.25) is 4.68 Å². The van der Waals surface area contributed by atoms with Gasteiger partial charge < -0.3 is 4.74 Å². The van der Waals surface area contributed by atoms with Crippen molar-refractivity contribution in [3.63, 3.8) is 0 Å². The second-order valence-electron chi connectivity index (χ2n) is 3.62. The summed E-state index contributed by atoms with van der Waals surface area (Å²) in [7, 11) is 0. The monoisotopic (exact) mass is 307 g/mol. The summed E-state index contributed by atoms with van der Waals surface area (Å²) in [6.45, 7) is 2.85. The molecule has 1 aliphatic heterocycles. The molecule has 78 valence electrons. The molecule has 1 aromatic rings. The largest absolute Gasteiger partial charge is 0.381 e. The van der Waals surface area contributed by atoms with Crippen molar-refractivity contribution in [3.05, 3.63) is 10.2 Å². The number of nitrogens with zero attached hydrogens (tertiary/aromatic N) is 3. The molecule has 1 aliphatic rings. The Morgan fingerprint density at radius 2 is 2.29 bits per heavy atom. The van der Waals surface area contributed by atoms with E-state index in [1.165, 1.54) is 19.3 Å². The predicted octanol–water partition coefficient (Wildman–Crippen LogP) is 1.70. The van der Waals surface area contributed by atoms with Crippen molar-refractivity contribution in [2.45, 2.75) is 25.8 Å². The zero-order valence-electron chi connectivity index (χ0n) is 8.03. The fourth-order valence-electron chi connectivity index (χ4n) is 1.73. The maximum Gasteiger partial charge on any atom is 0.211 e. The van der Waals surface area contributed by atoms with Crippen LogP contribution in [-0.4, -0.2) is 28.0 Å². The molecule has 0 atom stereocenters. The first-order valence-corrected chi connectivity index (χ1v) is 6.05. The van der Waals surface area contributed by atoms with Crippen molar-refractivity contribution < 1.29 is 4.74 Å². The molecule has 4 nitrogen and oxygen atoms in total. The first kappa shape index (κ1) is 10.4. The number of ether oxygens (including phenoxy) is 1. The van der Waals surface area contributed by atoms with E-state index in [4.69, 9.17) is 4.74 Å². The van der Waals surface area contributed by atoms with E-state index in [0.717, 1.165) is 29.5 Å². The number of halogens is 1. The molecule has 0 spiro atoms. The highest BCUT2D eigenvalue weighted by Crippen LogP contribution is 2.18. The number of aryl methyl sites for hydroxylation is 1. The predicted molar refractivity (Wildman–Crippen MR) is 60.9 cm³/mol. The lowest BCUT2D eigenvalue weighted by Crippen LogP contribution is -2.17. The fraction of sp³-hybridized carbons (Fsp3) is 0.778. The van der Waals surface area contributed by atoms with Gasteiger partial charge in [-0.2, -0.15) is 0 Å². The van der Waals surface area contributed by atoms with Crippen LogP contribution in [0.5, 0.6) is 0 Å². The van der Waals surface area contributed by atoms with Crippen molar-refractivity contribution in [1.82, 2.24) is 14.8 Å². The van der Waals surface area contributed by atoms with Gasteiger partial charge in [0.25, 0.3) is 0 Å². The van der Waals surface area contributed by atoms with Gasteiger partial charge in [-0.1, -0.05) is 0 Å². The van der Waals surface area contributed by atoms with E-state index in [-0.39, 0.29) is 0 Å². The van der Waals surface area contributed by atoms with Gasteiger partial charge in [0, 0.05) is 42.3 Å². The third-order valence-corrected chi connectivity index (χ3v) is 3.11. The lowest BCUT2D eigenvalue weighted by Gasteiger charge is -2.21. The van der Waals surface area contributed by atoms with Crippen LogP contribution >= 0.6 is 22.6 Å². The molecule has 1 aromatic heterocycles. The molecule has 2 rings (SSSR count). The van der Waals surface area contributed by atoms with E-state index < -0.39 is 0 Å². The van der Waals surface area contributed by atoms with Gasteiger partial charge in [0.1, 0.15) is 6.33 Å². The van der Waals surface area contributed by atoms with Crippen LogP contribution in [0.25, 0.3) is 0 Å². The highest BCUT2D eigenvalue weighted by Gasteiger charge is 2.13. The molecule has 5 heteroatoms. The minimum atomic E-state index is 0.811. The number of aromatic nitrogens is 3. The normalized spacial score (nSPS) is 18.6. The van der Waals surface area contributed by atoms with Crippen LogP contribution < -0.4 is 0 Å². The van der Waals surface area contributed by atoms with Gasteiger partial charge in [-0.25, -0.2) is 4.98 Å². The third kappa shape index (κ3) is 2.91. The van der Waals surface area contributed by atoms with Crippen molar-refractivity contribution in [2.75, 3.05) is 13.2 Å². The summed E-state index contributed by atoms with van der Waals surface area (Å²) in [5.74, 6) is 0.811. The van der Waals surface area contributed by atoms with Crippen molar-refractivity contribution in [2.24, 2.45) is 5.92 Å². The fourth-order valence-corrected chi connectivity index (χ4v) is 2.13. The zero-order chi connectivity index (χ0) is 9.80. The summed E-state index contributed by atoms with van der Waals surface area (Å²) in [5.41, 5.74) is 0. The topological polar surface area (TPSA) is 39.9 Å². The highest BCUT2D eigenvalue weighted by molar-refractivity contribution is 14.1.